The maximum Gasteiger partial charge on any atom is 0.259 e. The van der Waals surface area contributed by atoms with Crippen LogP contribution >= 0.6 is 0 Å². The van der Waals surface area contributed by atoms with E-state index in [4.69, 9.17) is 4.74 Å². The molecule has 0 aliphatic carbocycles. The molecule has 1 N–H and O–H groups in total. The molecule has 0 radical (unpaired) electrons. The Hall–Kier alpha value is -2.74. The van der Waals surface area contributed by atoms with E-state index >= 15 is 0 Å². The molecule has 154 valence electrons. The fourth-order valence-corrected chi connectivity index (χ4v) is 4.05. The molecule has 8 heteroatoms. The number of pyridine rings is 1. The van der Waals surface area contributed by atoms with E-state index in [1.807, 2.05) is 51.1 Å². The van der Waals surface area contributed by atoms with Gasteiger partial charge < -0.3 is 4.74 Å². The smallest absolute Gasteiger partial charge is 0.259 e. The number of rotatable bonds is 7. The summed E-state index contributed by atoms with van der Waals surface area (Å²) in [6.45, 7) is 7.93. The largest absolute Gasteiger partial charge is 0.466 e. The first-order chi connectivity index (χ1) is 13.7. The van der Waals surface area contributed by atoms with Crippen molar-refractivity contribution in [3.63, 3.8) is 0 Å². The van der Waals surface area contributed by atoms with E-state index in [0.717, 1.165) is 5.56 Å². The van der Waals surface area contributed by atoms with Crippen LogP contribution in [0.1, 0.15) is 45.8 Å². The van der Waals surface area contributed by atoms with Gasteiger partial charge in [0.05, 0.1) is 16.8 Å². The average Bonchev–Trinajstić information content (AvgIpc) is 2.65. The van der Waals surface area contributed by atoms with Crippen LogP contribution in [0.25, 0.3) is 11.0 Å². The van der Waals surface area contributed by atoms with Crippen LogP contribution in [-0.4, -0.2) is 29.1 Å². The zero-order chi connectivity index (χ0) is 21.1. The van der Waals surface area contributed by atoms with Crippen LogP contribution in [0.5, 0.6) is 5.88 Å². The average molecular weight is 415 g/mol. The van der Waals surface area contributed by atoms with Gasteiger partial charge in [0, 0.05) is 23.4 Å². The van der Waals surface area contributed by atoms with Gasteiger partial charge in [-0.2, -0.15) is 0 Å². The van der Waals surface area contributed by atoms with Crippen molar-refractivity contribution in [1.82, 2.24) is 15.0 Å². The van der Waals surface area contributed by atoms with Gasteiger partial charge in [-0.15, -0.1) is 0 Å². The van der Waals surface area contributed by atoms with E-state index in [-0.39, 0.29) is 22.9 Å². The summed E-state index contributed by atoms with van der Waals surface area (Å²) in [7, 11) is -3.56. The van der Waals surface area contributed by atoms with Crippen LogP contribution in [0.3, 0.4) is 0 Å². The second kappa shape index (κ2) is 8.32. The second-order valence-corrected chi connectivity index (χ2v) is 9.78. The number of fused-ring (bicyclic) bond motifs is 1. The van der Waals surface area contributed by atoms with E-state index in [2.05, 4.69) is 19.7 Å². The standard InChI is InChI=1S/C21H26N4O3S/c1-5-13-29(26,27)25-19-20(24-17-11-7-6-10-16(17)23-19)28-18(21(2,3)4)15-9-8-12-22-14-15/h6-12,14,18H,5,13H2,1-4H3,(H,23,25). The third kappa shape index (κ3) is 5.20. The fraction of sp³-hybridized carbons (Fsp3) is 0.381. The van der Waals surface area contributed by atoms with Gasteiger partial charge in [-0.25, -0.2) is 18.4 Å². The van der Waals surface area contributed by atoms with Gasteiger partial charge in [0.15, 0.2) is 0 Å². The van der Waals surface area contributed by atoms with Crippen LogP contribution in [-0.2, 0) is 10.0 Å². The van der Waals surface area contributed by atoms with Crippen molar-refractivity contribution in [2.24, 2.45) is 5.41 Å². The van der Waals surface area contributed by atoms with Crippen molar-refractivity contribution >= 4 is 26.9 Å². The van der Waals surface area contributed by atoms with Crippen LogP contribution in [0.2, 0.25) is 0 Å². The third-order valence-corrected chi connectivity index (χ3v) is 5.72. The third-order valence-electron chi connectivity index (χ3n) is 4.27. The quantitative estimate of drug-likeness (QED) is 0.618. The first-order valence-electron chi connectivity index (χ1n) is 9.53. The van der Waals surface area contributed by atoms with Crippen molar-refractivity contribution < 1.29 is 13.2 Å². The molecule has 0 saturated heterocycles. The number of ether oxygens (including phenoxy) is 1. The molecule has 0 aliphatic heterocycles. The Morgan fingerprint density at radius 2 is 1.76 bits per heavy atom. The number of benzene rings is 1. The zero-order valence-corrected chi connectivity index (χ0v) is 17.9. The summed E-state index contributed by atoms with van der Waals surface area (Å²) in [4.78, 5) is 13.2. The molecule has 0 bridgehead atoms. The van der Waals surface area contributed by atoms with Crippen LogP contribution in [0.15, 0.2) is 48.8 Å². The monoisotopic (exact) mass is 414 g/mol. The van der Waals surface area contributed by atoms with Gasteiger partial charge in [-0.1, -0.05) is 45.9 Å². The van der Waals surface area contributed by atoms with Gasteiger partial charge >= 0.3 is 0 Å². The minimum Gasteiger partial charge on any atom is -0.466 e. The molecule has 1 aromatic carbocycles. The van der Waals surface area contributed by atoms with Gasteiger partial charge in [0.25, 0.3) is 5.88 Å². The predicted molar refractivity (Wildman–Crippen MR) is 114 cm³/mol. The lowest BCUT2D eigenvalue weighted by molar-refractivity contribution is 0.0826. The number of sulfonamides is 1. The minimum atomic E-state index is -3.56. The topological polar surface area (TPSA) is 94.1 Å². The van der Waals surface area contributed by atoms with Gasteiger partial charge in [-0.05, 0) is 24.6 Å². The highest BCUT2D eigenvalue weighted by molar-refractivity contribution is 7.92. The minimum absolute atomic E-state index is 0.00769. The summed E-state index contributed by atoms with van der Waals surface area (Å²) in [5.41, 5.74) is 1.79. The highest BCUT2D eigenvalue weighted by Gasteiger charge is 2.31. The van der Waals surface area contributed by atoms with Crippen LogP contribution in [0, 0.1) is 5.41 Å². The number of nitrogens with zero attached hydrogens (tertiary/aromatic N) is 3. The van der Waals surface area contributed by atoms with Crippen molar-refractivity contribution in [3.05, 3.63) is 54.4 Å². The Morgan fingerprint density at radius 1 is 1.07 bits per heavy atom. The molecule has 2 heterocycles. The summed E-state index contributed by atoms with van der Waals surface area (Å²) >= 11 is 0. The zero-order valence-electron chi connectivity index (χ0n) is 17.1. The maximum absolute atomic E-state index is 12.4. The molecular weight excluding hydrogens is 388 g/mol. The first kappa shape index (κ1) is 21.0. The Bertz CT molecular complexity index is 1080. The Kier molecular flexibility index (Phi) is 6.02. The number of anilines is 1. The highest BCUT2D eigenvalue weighted by Crippen LogP contribution is 2.38. The number of hydrogen-bond donors (Lipinski definition) is 1. The van der Waals surface area contributed by atoms with Gasteiger partial charge in [0.2, 0.25) is 15.8 Å². The van der Waals surface area contributed by atoms with Gasteiger partial charge in [-0.3, -0.25) is 9.71 Å². The lowest BCUT2D eigenvalue weighted by Crippen LogP contribution is -2.25. The number of aromatic nitrogens is 3. The maximum atomic E-state index is 12.4. The van der Waals surface area contributed by atoms with E-state index in [1.54, 1.807) is 25.4 Å². The van der Waals surface area contributed by atoms with E-state index in [9.17, 15) is 8.42 Å². The van der Waals surface area contributed by atoms with Crippen molar-refractivity contribution in [2.75, 3.05) is 10.5 Å². The Balaban J connectivity index is 2.09. The fourth-order valence-electron chi connectivity index (χ4n) is 2.99. The summed E-state index contributed by atoms with van der Waals surface area (Å²) in [6.07, 6.45) is 3.53. The molecular formula is C21H26N4O3S. The molecule has 1 unspecified atom stereocenters. The second-order valence-electron chi connectivity index (χ2n) is 7.94. The van der Waals surface area contributed by atoms with Crippen LogP contribution < -0.4 is 9.46 Å². The lowest BCUT2D eigenvalue weighted by Gasteiger charge is -2.31. The van der Waals surface area contributed by atoms with Crippen LogP contribution in [0.4, 0.5) is 5.82 Å². The lowest BCUT2D eigenvalue weighted by atomic mass is 9.85. The summed E-state index contributed by atoms with van der Waals surface area (Å²) < 4.78 is 33.6. The molecule has 3 rings (SSSR count). The van der Waals surface area contributed by atoms with Crippen molar-refractivity contribution in [2.45, 2.75) is 40.2 Å². The molecule has 29 heavy (non-hydrogen) atoms. The van der Waals surface area contributed by atoms with Crippen molar-refractivity contribution in [3.8, 4) is 5.88 Å². The molecule has 0 saturated carbocycles. The number of nitrogens with one attached hydrogen (secondary N) is 1. The summed E-state index contributed by atoms with van der Waals surface area (Å²) in [6, 6.07) is 11.0. The first-order valence-corrected chi connectivity index (χ1v) is 11.2. The Morgan fingerprint density at radius 3 is 2.34 bits per heavy atom. The Labute approximate surface area is 171 Å². The van der Waals surface area contributed by atoms with E-state index < -0.39 is 16.1 Å². The number of para-hydroxylation sites is 2. The van der Waals surface area contributed by atoms with E-state index in [1.165, 1.54) is 0 Å². The molecule has 0 fully saturated rings. The molecule has 0 aliphatic rings. The SMILES string of the molecule is CCCS(=O)(=O)Nc1nc2ccccc2nc1OC(c1cccnc1)C(C)(C)C. The van der Waals surface area contributed by atoms with E-state index in [0.29, 0.717) is 17.5 Å². The number of hydrogen-bond acceptors (Lipinski definition) is 6. The molecule has 7 nitrogen and oxygen atoms in total. The molecule has 0 spiro atoms. The summed E-state index contributed by atoms with van der Waals surface area (Å²) in [5, 5.41) is 0. The molecule has 1 atom stereocenters. The van der Waals surface area contributed by atoms with Gasteiger partial charge in [0.1, 0.15) is 6.10 Å². The molecule has 0 amide bonds. The normalized spacial score (nSPS) is 13.2. The predicted octanol–water partition coefficient (Wildman–Crippen LogP) is 4.34. The molecule has 2 aromatic heterocycles. The highest BCUT2D eigenvalue weighted by atomic mass is 32.2. The summed E-state index contributed by atoms with van der Waals surface area (Å²) in [5.74, 6) is 0.231. The molecule has 3 aromatic rings. The van der Waals surface area contributed by atoms with Crippen molar-refractivity contribution in [1.29, 1.82) is 0 Å².